The molecule has 3 rings (SSSR count). The second kappa shape index (κ2) is 6.52. The summed E-state index contributed by atoms with van der Waals surface area (Å²) >= 11 is 0. The highest BCUT2D eigenvalue weighted by molar-refractivity contribution is 5.54. The average molecular weight is 310 g/mol. The lowest BCUT2D eigenvalue weighted by atomic mass is 10.1. The molecular formula is C18H18N2O3. The molecule has 0 amide bonds. The molecule has 0 spiro atoms. The van der Waals surface area contributed by atoms with Crippen LogP contribution in [-0.2, 0) is 6.42 Å². The minimum absolute atomic E-state index is 0.541. The Morgan fingerprint density at radius 1 is 0.957 bits per heavy atom. The highest BCUT2D eigenvalue weighted by atomic mass is 16.5. The summed E-state index contributed by atoms with van der Waals surface area (Å²) in [6, 6.07) is 13.8. The average Bonchev–Trinajstić information content (AvgIpc) is 3.04. The van der Waals surface area contributed by atoms with Gasteiger partial charge < -0.3 is 14.0 Å². The van der Waals surface area contributed by atoms with Crippen LogP contribution in [0, 0.1) is 6.92 Å². The SMILES string of the molecule is COc1ccc(Cc2nc(-c3ccc(C)cc3)no2)cc1OC. The van der Waals surface area contributed by atoms with E-state index in [2.05, 4.69) is 10.1 Å². The van der Waals surface area contributed by atoms with Crippen molar-refractivity contribution in [2.24, 2.45) is 0 Å². The van der Waals surface area contributed by atoms with E-state index in [1.165, 1.54) is 5.56 Å². The minimum Gasteiger partial charge on any atom is -0.493 e. The van der Waals surface area contributed by atoms with Crippen LogP contribution in [0.15, 0.2) is 47.0 Å². The molecule has 118 valence electrons. The molecule has 3 aromatic rings. The van der Waals surface area contributed by atoms with E-state index in [0.29, 0.717) is 29.6 Å². The molecule has 0 saturated heterocycles. The molecule has 0 aliphatic heterocycles. The first-order valence-corrected chi connectivity index (χ1v) is 7.30. The van der Waals surface area contributed by atoms with Gasteiger partial charge in [-0.25, -0.2) is 0 Å². The first-order chi connectivity index (χ1) is 11.2. The zero-order valence-electron chi connectivity index (χ0n) is 13.4. The van der Waals surface area contributed by atoms with Crippen molar-refractivity contribution in [1.29, 1.82) is 0 Å². The van der Waals surface area contributed by atoms with Gasteiger partial charge in [0.2, 0.25) is 11.7 Å². The third-order valence-electron chi connectivity index (χ3n) is 3.58. The van der Waals surface area contributed by atoms with Crippen molar-refractivity contribution in [2.45, 2.75) is 13.3 Å². The summed E-state index contributed by atoms with van der Waals surface area (Å²) in [6.45, 7) is 2.04. The number of rotatable bonds is 5. The normalized spacial score (nSPS) is 10.6. The fourth-order valence-electron chi connectivity index (χ4n) is 2.31. The molecule has 5 heteroatoms. The van der Waals surface area contributed by atoms with E-state index < -0.39 is 0 Å². The Bertz CT molecular complexity index is 794. The van der Waals surface area contributed by atoms with Crippen LogP contribution in [-0.4, -0.2) is 24.4 Å². The predicted molar refractivity (Wildman–Crippen MR) is 86.8 cm³/mol. The highest BCUT2D eigenvalue weighted by Crippen LogP contribution is 2.28. The van der Waals surface area contributed by atoms with Gasteiger partial charge in [-0.2, -0.15) is 4.98 Å². The van der Waals surface area contributed by atoms with Gasteiger partial charge in [-0.1, -0.05) is 41.1 Å². The molecule has 0 fully saturated rings. The van der Waals surface area contributed by atoms with E-state index in [1.807, 2.05) is 49.4 Å². The number of ether oxygens (including phenoxy) is 2. The maximum Gasteiger partial charge on any atom is 0.231 e. The number of nitrogens with zero attached hydrogens (tertiary/aromatic N) is 2. The lowest BCUT2D eigenvalue weighted by Gasteiger charge is -2.08. The van der Waals surface area contributed by atoms with Crippen LogP contribution >= 0.6 is 0 Å². The van der Waals surface area contributed by atoms with Gasteiger partial charge in [-0.15, -0.1) is 0 Å². The zero-order chi connectivity index (χ0) is 16.2. The van der Waals surface area contributed by atoms with Crippen LogP contribution in [0.3, 0.4) is 0 Å². The number of methoxy groups -OCH3 is 2. The zero-order valence-corrected chi connectivity index (χ0v) is 13.4. The van der Waals surface area contributed by atoms with Gasteiger partial charge in [-0.05, 0) is 24.6 Å². The van der Waals surface area contributed by atoms with E-state index in [0.717, 1.165) is 11.1 Å². The fourth-order valence-corrected chi connectivity index (χ4v) is 2.31. The van der Waals surface area contributed by atoms with Crippen molar-refractivity contribution < 1.29 is 14.0 Å². The summed E-state index contributed by atoms with van der Waals surface area (Å²) in [6.07, 6.45) is 0.541. The molecule has 0 N–H and O–H groups in total. The Morgan fingerprint density at radius 3 is 2.39 bits per heavy atom. The molecule has 5 nitrogen and oxygen atoms in total. The van der Waals surface area contributed by atoms with E-state index in [1.54, 1.807) is 14.2 Å². The standard InChI is InChI=1S/C18H18N2O3/c1-12-4-7-14(8-5-12)18-19-17(23-20-18)11-13-6-9-15(21-2)16(10-13)22-3/h4-10H,11H2,1-3H3. The second-order valence-electron chi connectivity index (χ2n) is 5.24. The maximum absolute atomic E-state index is 5.35. The number of hydrogen-bond donors (Lipinski definition) is 0. The van der Waals surface area contributed by atoms with Gasteiger partial charge in [0.25, 0.3) is 0 Å². The van der Waals surface area contributed by atoms with Crippen molar-refractivity contribution in [3.8, 4) is 22.9 Å². The molecule has 1 heterocycles. The summed E-state index contributed by atoms with van der Waals surface area (Å²) in [5.74, 6) is 2.54. The predicted octanol–water partition coefficient (Wildman–Crippen LogP) is 3.65. The number of aromatic nitrogens is 2. The van der Waals surface area contributed by atoms with Crippen LogP contribution in [0.25, 0.3) is 11.4 Å². The van der Waals surface area contributed by atoms with E-state index >= 15 is 0 Å². The van der Waals surface area contributed by atoms with Crippen molar-refractivity contribution in [2.75, 3.05) is 14.2 Å². The van der Waals surface area contributed by atoms with Crippen molar-refractivity contribution >= 4 is 0 Å². The monoisotopic (exact) mass is 310 g/mol. The fraction of sp³-hybridized carbons (Fsp3) is 0.222. The molecule has 1 aromatic heterocycles. The molecule has 0 aliphatic rings. The maximum atomic E-state index is 5.35. The topological polar surface area (TPSA) is 57.4 Å². The van der Waals surface area contributed by atoms with Crippen LogP contribution in [0.5, 0.6) is 11.5 Å². The molecule has 23 heavy (non-hydrogen) atoms. The molecule has 0 bridgehead atoms. The van der Waals surface area contributed by atoms with Crippen LogP contribution in [0.4, 0.5) is 0 Å². The van der Waals surface area contributed by atoms with Gasteiger partial charge in [-0.3, -0.25) is 0 Å². The molecule has 0 saturated carbocycles. The van der Waals surface area contributed by atoms with Crippen molar-refractivity contribution in [3.05, 3.63) is 59.5 Å². The van der Waals surface area contributed by atoms with Crippen molar-refractivity contribution in [1.82, 2.24) is 10.1 Å². The molecule has 0 unspecified atom stereocenters. The minimum atomic E-state index is 0.541. The Morgan fingerprint density at radius 2 is 1.70 bits per heavy atom. The lowest BCUT2D eigenvalue weighted by molar-refractivity contribution is 0.354. The third-order valence-corrected chi connectivity index (χ3v) is 3.58. The van der Waals surface area contributed by atoms with Gasteiger partial charge in [0.15, 0.2) is 11.5 Å². The lowest BCUT2D eigenvalue weighted by Crippen LogP contribution is -1.94. The van der Waals surface area contributed by atoms with Crippen LogP contribution < -0.4 is 9.47 Å². The van der Waals surface area contributed by atoms with Crippen molar-refractivity contribution in [3.63, 3.8) is 0 Å². The summed E-state index contributed by atoms with van der Waals surface area (Å²) in [4.78, 5) is 4.45. The first-order valence-electron chi connectivity index (χ1n) is 7.30. The van der Waals surface area contributed by atoms with Gasteiger partial charge in [0, 0.05) is 5.56 Å². The Balaban J connectivity index is 1.80. The molecule has 0 aliphatic carbocycles. The van der Waals surface area contributed by atoms with E-state index in [9.17, 15) is 0 Å². The Labute approximate surface area is 134 Å². The summed E-state index contributed by atoms with van der Waals surface area (Å²) in [5.41, 5.74) is 3.16. The van der Waals surface area contributed by atoms with E-state index in [4.69, 9.17) is 14.0 Å². The Kier molecular flexibility index (Phi) is 4.28. The van der Waals surface area contributed by atoms with Gasteiger partial charge in [0.1, 0.15) is 0 Å². The second-order valence-corrected chi connectivity index (χ2v) is 5.24. The van der Waals surface area contributed by atoms with Gasteiger partial charge in [0.05, 0.1) is 20.6 Å². The molecular weight excluding hydrogens is 292 g/mol. The summed E-state index contributed by atoms with van der Waals surface area (Å²) in [5, 5.41) is 4.05. The highest BCUT2D eigenvalue weighted by Gasteiger charge is 2.11. The van der Waals surface area contributed by atoms with Crippen LogP contribution in [0.1, 0.15) is 17.0 Å². The number of benzene rings is 2. The smallest absolute Gasteiger partial charge is 0.231 e. The third kappa shape index (κ3) is 3.34. The van der Waals surface area contributed by atoms with Crippen LogP contribution in [0.2, 0.25) is 0 Å². The Hall–Kier alpha value is -2.82. The van der Waals surface area contributed by atoms with E-state index in [-0.39, 0.29) is 0 Å². The summed E-state index contributed by atoms with van der Waals surface area (Å²) in [7, 11) is 3.23. The molecule has 2 aromatic carbocycles. The van der Waals surface area contributed by atoms with Gasteiger partial charge >= 0.3 is 0 Å². The summed E-state index contributed by atoms with van der Waals surface area (Å²) < 4.78 is 15.9. The first kappa shape index (κ1) is 15.1. The number of aryl methyl sites for hydroxylation is 1. The largest absolute Gasteiger partial charge is 0.493 e. The quantitative estimate of drug-likeness (QED) is 0.720. The molecule has 0 atom stereocenters. The molecule has 0 radical (unpaired) electrons. The number of hydrogen-bond acceptors (Lipinski definition) is 5.